The highest BCUT2D eigenvalue weighted by atomic mass is 35.5. The van der Waals surface area contributed by atoms with Crippen LogP contribution < -0.4 is 14.8 Å². The van der Waals surface area contributed by atoms with Crippen molar-refractivity contribution in [3.8, 4) is 11.5 Å². The van der Waals surface area contributed by atoms with E-state index in [0.717, 1.165) is 11.3 Å². The quantitative estimate of drug-likeness (QED) is 0.670. The van der Waals surface area contributed by atoms with Gasteiger partial charge in [-0.3, -0.25) is 0 Å². The Morgan fingerprint density at radius 1 is 1.04 bits per heavy atom. The SMILES string of the molecule is COc1ccc(CSC(=S)Nc2ccc(Cl)c(Cl)c2)cc1OC. The average Bonchev–Trinajstić information content (AvgIpc) is 2.56. The van der Waals surface area contributed by atoms with Crippen molar-refractivity contribution in [2.24, 2.45) is 0 Å². The van der Waals surface area contributed by atoms with Crippen molar-refractivity contribution in [1.82, 2.24) is 0 Å². The summed E-state index contributed by atoms with van der Waals surface area (Å²) in [4.78, 5) is 0. The number of thioether (sulfide) groups is 1. The van der Waals surface area contributed by atoms with Gasteiger partial charge in [-0.25, -0.2) is 0 Å². The molecule has 0 unspecified atom stereocenters. The molecule has 2 rings (SSSR count). The van der Waals surface area contributed by atoms with Gasteiger partial charge in [-0.1, -0.05) is 53.2 Å². The first kappa shape index (κ1) is 18.2. The van der Waals surface area contributed by atoms with Gasteiger partial charge in [0.05, 0.1) is 24.3 Å². The maximum absolute atomic E-state index is 5.98. The molecule has 23 heavy (non-hydrogen) atoms. The summed E-state index contributed by atoms with van der Waals surface area (Å²) in [5, 5.41) is 4.13. The molecule has 0 heterocycles. The van der Waals surface area contributed by atoms with Gasteiger partial charge in [0.25, 0.3) is 0 Å². The molecule has 0 bridgehead atoms. The second-order valence-corrected chi connectivity index (χ2v) is 6.99. The van der Waals surface area contributed by atoms with Crippen LogP contribution in [0.2, 0.25) is 10.0 Å². The highest BCUT2D eigenvalue weighted by molar-refractivity contribution is 8.22. The topological polar surface area (TPSA) is 30.5 Å². The number of thiocarbonyl (C=S) groups is 1. The molecular formula is C16H15Cl2NO2S2. The van der Waals surface area contributed by atoms with Gasteiger partial charge >= 0.3 is 0 Å². The molecule has 2 aromatic carbocycles. The molecule has 122 valence electrons. The van der Waals surface area contributed by atoms with E-state index in [-0.39, 0.29) is 0 Å². The van der Waals surface area contributed by atoms with Crippen LogP contribution in [-0.4, -0.2) is 18.5 Å². The van der Waals surface area contributed by atoms with Crippen molar-refractivity contribution >= 4 is 57.2 Å². The van der Waals surface area contributed by atoms with E-state index in [2.05, 4.69) is 5.32 Å². The van der Waals surface area contributed by atoms with Crippen LogP contribution >= 0.6 is 47.2 Å². The minimum atomic E-state index is 0.490. The Balaban J connectivity index is 1.95. The highest BCUT2D eigenvalue weighted by Gasteiger charge is 2.07. The van der Waals surface area contributed by atoms with Gasteiger partial charge in [-0.2, -0.15) is 0 Å². The fourth-order valence-electron chi connectivity index (χ4n) is 1.85. The number of halogens is 2. The number of methoxy groups -OCH3 is 2. The maximum atomic E-state index is 5.98. The molecule has 0 aliphatic carbocycles. The van der Waals surface area contributed by atoms with E-state index in [9.17, 15) is 0 Å². The predicted octanol–water partition coefficient (Wildman–Crippen LogP) is 5.64. The summed E-state index contributed by atoms with van der Waals surface area (Å²) in [6, 6.07) is 11.1. The number of hydrogen-bond donors (Lipinski definition) is 1. The van der Waals surface area contributed by atoms with Crippen LogP contribution in [0.25, 0.3) is 0 Å². The van der Waals surface area contributed by atoms with Gasteiger partial charge in [-0.05, 0) is 35.9 Å². The van der Waals surface area contributed by atoms with E-state index < -0.39 is 0 Å². The van der Waals surface area contributed by atoms with Crippen molar-refractivity contribution in [2.75, 3.05) is 19.5 Å². The maximum Gasteiger partial charge on any atom is 0.161 e. The summed E-state index contributed by atoms with van der Waals surface area (Å²) >= 11 is 18.7. The van der Waals surface area contributed by atoms with E-state index in [4.69, 9.17) is 44.9 Å². The van der Waals surface area contributed by atoms with Crippen LogP contribution in [0.1, 0.15) is 5.56 Å². The largest absolute Gasteiger partial charge is 0.493 e. The Morgan fingerprint density at radius 3 is 2.43 bits per heavy atom. The lowest BCUT2D eigenvalue weighted by Gasteiger charge is -2.11. The van der Waals surface area contributed by atoms with Gasteiger partial charge in [0.15, 0.2) is 11.5 Å². The number of nitrogens with one attached hydrogen (secondary N) is 1. The summed E-state index contributed by atoms with van der Waals surface area (Å²) in [6.07, 6.45) is 0. The molecule has 0 aromatic heterocycles. The Hall–Kier alpha value is -1.14. The standard InChI is InChI=1S/C16H15Cl2NO2S2/c1-20-14-6-3-10(7-15(14)21-2)9-23-16(22)19-11-4-5-12(17)13(18)8-11/h3-8H,9H2,1-2H3,(H,19,22). The van der Waals surface area contributed by atoms with Crippen molar-refractivity contribution in [3.63, 3.8) is 0 Å². The Kier molecular flexibility index (Phi) is 6.84. The number of hydrogen-bond acceptors (Lipinski definition) is 4. The van der Waals surface area contributed by atoms with Crippen molar-refractivity contribution in [2.45, 2.75) is 5.75 Å². The zero-order valence-electron chi connectivity index (χ0n) is 12.6. The second kappa shape index (κ2) is 8.64. The lowest BCUT2D eigenvalue weighted by Crippen LogP contribution is -2.04. The highest BCUT2D eigenvalue weighted by Crippen LogP contribution is 2.30. The molecule has 0 saturated carbocycles. The molecule has 0 spiro atoms. The smallest absolute Gasteiger partial charge is 0.161 e. The van der Waals surface area contributed by atoms with E-state index in [1.165, 1.54) is 11.8 Å². The number of rotatable bonds is 5. The second-order valence-electron chi connectivity index (χ2n) is 4.52. The molecular weight excluding hydrogens is 373 g/mol. The minimum Gasteiger partial charge on any atom is -0.493 e. The van der Waals surface area contributed by atoms with Crippen LogP contribution in [0.4, 0.5) is 5.69 Å². The summed E-state index contributed by atoms with van der Waals surface area (Å²) in [5.74, 6) is 2.12. The van der Waals surface area contributed by atoms with Crippen LogP contribution in [-0.2, 0) is 5.75 Å². The first-order valence-electron chi connectivity index (χ1n) is 6.63. The van der Waals surface area contributed by atoms with Gasteiger partial charge < -0.3 is 14.8 Å². The van der Waals surface area contributed by atoms with E-state index >= 15 is 0 Å². The molecule has 0 radical (unpaired) electrons. The minimum absolute atomic E-state index is 0.490. The summed E-state index contributed by atoms with van der Waals surface area (Å²) in [7, 11) is 3.23. The number of anilines is 1. The number of benzene rings is 2. The molecule has 1 N–H and O–H groups in total. The first-order chi connectivity index (χ1) is 11.0. The van der Waals surface area contributed by atoms with Crippen LogP contribution in [0, 0.1) is 0 Å². The lowest BCUT2D eigenvalue weighted by atomic mass is 10.2. The van der Waals surface area contributed by atoms with Crippen LogP contribution in [0.3, 0.4) is 0 Å². The third-order valence-corrected chi connectivity index (χ3v) is 5.02. The van der Waals surface area contributed by atoms with E-state index in [1.807, 2.05) is 24.3 Å². The molecule has 0 amide bonds. The van der Waals surface area contributed by atoms with Gasteiger partial charge in [-0.15, -0.1) is 0 Å². The zero-order chi connectivity index (χ0) is 16.8. The molecule has 0 aliphatic rings. The zero-order valence-corrected chi connectivity index (χ0v) is 15.7. The third-order valence-electron chi connectivity index (χ3n) is 2.98. The van der Waals surface area contributed by atoms with Gasteiger partial charge in [0.1, 0.15) is 4.32 Å². The summed E-state index contributed by atoms with van der Waals surface area (Å²) < 4.78 is 11.2. The summed E-state index contributed by atoms with van der Waals surface area (Å²) in [5.41, 5.74) is 1.90. The van der Waals surface area contributed by atoms with E-state index in [1.54, 1.807) is 26.4 Å². The number of ether oxygens (including phenoxy) is 2. The fraction of sp³-hybridized carbons (Fsp3) is 0.188. The normalized spacial score (nSPS) is 10.3. The Labute approximate surface area is 155 Å². The molecule has 0 saturated heterocycles. The molecule has 7 heteroatoms. The van der Waals surface area contributed by atoms with Crippen molar-refractivity contribution in [3.05, 3.63) is 52.0 Å². The molecule has 0 fully saturated rings. The summed E-state index contributed by atoms with van der Waals surface area (Å²) in [6.45, 7) is 0. The Morgan fingerprint density at radius 2 is 1.78 bits per heavy atom. The monoisotopic (exact) mass is 387 g/mol. The predicted molar refractivity (Wildman–Crippen MR) is 104 cm³/mol. The average molecular weight is 388 g/mol. The fourth-order valence-corrected chi connectivity index (χ4v) is 3.11. The van der Waals surface area contributed by atoms with Crippen molar-refractivity contribution < 1.29 is 9.47 Å². The first-order valence-corrected chi connectivity index (χ1v) is 8.78. The Bertz CT molecular complexity index is 710. The van der Waals surface area contributed by atoms with E-state index in [0.29, 0.717) is 31.6 Å². The van der Waals surface area contributed by atoms with Crippen LogP contribution in [0.5, 0.6) is 11.5 Å². The third kappa shape index (κ3) is 5.18. The van der Waals surface area contributed by atoms with Gasteiger partial charge in [0, 0.05) is 11.4 Å². The molecule has 3 nitrogen and oxygen atoms in total. The van der Waals surface area contributed by atoms with Crippen LogP contribution in [0.15, 0.2) is 36.4 Å². The molecule has 0 aliphatic heterocycles. The van der Waals surface area contributed by atoms with Gasteiger partial charge in [0.2, 0.25) is 0 Å². The molecule has 2 aromatic rings. The molecule has 0 atom stereocenters. The lowest BCUT2D eigenvalue weighted by molar-refractivity contribution is 0.354. The van der Waals surface area contributed by atoms with Crippen molar-refractivity contribution in [1.29, 1.82) is 0 Å².